The molecule has 0 bridgehead atoms. The van der Waals surface area contributed by atoms with Crippen molar-refractivity contribution in [3.05, 3.63) is 108 Å². The summed E-state index contributed by atoms with van der Waals surface area (Å²) in [6.07, 6.45) is 2.86. The second kappa shape index (κ2) is 13.2. The van der Waals surface area contributed by atoms with Crippen LogP contribution < -0.4 is 0 Å². The molecule has 0 atom stereocenters. The van der Waals surface area contributed by atoms with Gasteiger partial charge in [-0.1, -0.05) is 78.9 Å². The van der Waals surface area contributed by atoms with Gasteiger partial charge in [-0.2, -0.15) is 0 Å². The summed E-state index contributed by atoms with van der Waals surface area (Å²) in [6.45, 7) is 4.54. The van der Waals surface area contributed by atoms with Gasteiger partial charge in [-0.15, -0.1) is 0 Å². The van der Waals surface area contributed by atoms with Crippen molar-refractivity contribution in [2.75, 3.05) is 39.3 Å². The number of piperidine rings is 1. The SMILES string of the molecule is O=C(CCc1ccccc1O)N1CCC(N2CCN(C(=O)c3cc(-c4ccccc4)nc(-c4ccccc4)c3)CC2)CC1. The van der Waals surface area contributed by atoms with Crippen LogP contribution >= 0.6 is 0 Å². The molecule has 3 heterocycles. The Morgan fingerprint density at radius 2 is 1.26 bits per heavy atom. The molecule has 43 heavy (non-hydrogen) atoms. The number of nitrogens with zero attached hydrogens (tertiary/aromatic N) is 4. The van der Waals surface area contributed by atoms with Crippen LogP contribution in [0.15, 0.2) is 97.1 Å². The first kappa shape index (κ1) is 28.6. The second-order valence-corrected chi connectivity index (χ2v) is 11.4. The minimum Gasteiger partial charge on any atom is -0.508 e. The van der Waals surface area contributed by atoms with Crippen molar-refractivity contribution >= 4 is 11.8 Å². The molecule has 6 rings (SSSR count). The summed E-state index contributed by atoms with van der Waals surface area (Å²) in [5.41, 5.74) is 5.05. The Morgan fingerprint density at radius 3 is 1.84 bits per heavy atom. The van der Waals surface area contributed by atoms with Gasteiger partial charge in [0.1, 0.15) is 5.75 Å². The summed E-state index contributed by atoms with van der Waals surface area (Å²) in [5, 5.41) is 9.99. The Balaban J connectivity index is 1.05. The van der Waals surface area contributed by atoms with Crippen LogP contribution in [0.4, 0.5) is 0 Å². The molecule has 0 unspecified atom stereocenters. The van der Waals surface area contributed by atoms with Crippen molar-refractivity contribution in [2.24, 2.45) is 0 Å². The maximum absolute atomic E-state index is 13.8. The molecule has 4 aromatic rings. The van der Waals surface area contributed by atoms with Gasteiger partial charge in [-0.3, -0.25) is 14.5 Å². The third kappa shape index (κ3) is 6.78. The number of hydrogen-bond donors (Lipinski definition) is 1. The van der Waals surface area contributed by atoms with Gasteiger partial charge in [0.25, 0.3) is 5.91 Å². The quantitative estimate of drug-likeness (QED) is 0.315. The number of likely N-dealkylation sites (tertiary alicyclic amines) is 1. The van der Waals surface area contributed by atoms with Crippen LogP contribution in [0, 0.1) is 0 Å². The molecule has 1 aromatic heterocycles. The zero-order chi connectivity index (χ0) is 29.6. The van der Waals surface area contributed by atoms with Crippen molar-refractivity contribution in [2.45, 2.75) is 31.7 Å². The lowest BCUT2D eigenvalue weighted by atomic mass is 10.0. The second-order valence-electron chi connectivity index (χ2n) is 11.4. The van der Waals surface area contributed by atoms with E-state index in [1.54, 1.807) is 12.1 Å². The molecule has 2 fully saturated rings. The van der Waals surface area contributed by atoms with Gasteiger partial charge in [0.05, 0.1) is 11.4 Å². The number of carbonyl (C=O) groups excluding carboxylic acids is 2. The normalized spacial score (nSPS) is 16.3. The first-order chi connectivity index (χ1) is 21.0. The van der Waals surface area contributed by atoms with Gasteiger partial charge in [0, 0.05) is 68.4 Å². The topological polar surface area (TPSA) is 77.0 Å². The minimum atomic E-state index is 0.0429. The van der Waals surface area contributed by atoms with E-state index in [4.69, 9.17) is 4.98 Å². The number of carbonyl (C=O) groups is 2. The fraction of sp³-hybridized carbons (Fsp3) is 0.306. The van der Waals surface area contributed by atoms with E-state index in [-0.39, 0.29) is 17.6 Å². The highest BCUT2D eigenvalue weighted by atomic mass is 16.3. The van der Waals surface area contributed by atoms with Crippen LogP contribution in [0.1, 0.15) is 35.2 Å². The molecule has 3 aromatic carbocycles. The molecular weight excluding hydrogens is 536 g/mol. The molecule has 220 valence electrons. The van der Waals surface area contributed by atoms with Gasteiger partial charge in [-0.05, 0) is 43.0 Å². The highest BCUT2D eigenvalue weighted by Gasteiger charge is 2.30. The van der Waals surface area contributed by atoms with Gasteiger partial charge in [0.2, 0.25) is 5.91 Å². The third-order valence-corrected chi connectivity index (χ3v) is 8.75. The molecule has 2 saturated heterocycles. The average molecular weight is 575 g/mol. The number of amides is 2. The third-order valence-electron chi connectivity index (χ3n) is 8.75. The van der Waals surface area contributed by atoms with E-state index in [2.05, 4.69) is 4.90 Å². The number of rotatable bonds is 7. The Bertz CT molecular complexity index is 1490. The van der Waals surface area contributed by atoms with Crippen LogP contribution in [0.25, 0.3) is 22.5 Å². The Kier molecular flexibility index (Phi) is 8.80. The number of aryl methyl sites for hydroxylation is 1. The smallest absolute Gasteiger partial charge is 0.254 e. The number of pyridine rings is 1. The number of phenols is 1. The van der Waals surface area contributed by atoms with E-state index >= 15 is 0 Å². The van der Waals surface area contributed by atoms with Gasteiger partial charge < -0.3 is 14.9 Å². The lowest BCUT2D eigenvalue weighted by Crippen LogP contribution is -2.54. The summed E-state index contributed by atoms with van der Waals surface area (Å²) in [4.78, 5) is 37.9. The van der Waals surface area contributed by atoms with Crippen molar-refractivity contribution in [3.63, 3.8) is 0 Å². The summed E-state index contributed by atoms with van der Waals surface area (Å²) in [6, 6.07) is 31.5. The molecular formula is C36H38N4O3. The van der Waals surface area contributed by atoms with Crippen molar-refractivity contribution < 1.29 is 14.7 Å². The highest BCUT2D eigenvalue weighted by Crippen LogP contribution is 2.27. The zero-order valence-electron chi connectivity index (χ0n) is 24.4. The fourth-order valence-electron chi connectivity index (χ4n) is 6.24. The van der Waals surface area contributed by atoms with E-state index in [0.717, 1.165) is 67.1 Å². The Hall–Kier alpha value is -4.49. The van der Waals surface area contributed by atoms with E-state index in [1.807, 2.05) is 94.7 Å². The van der Waals surface area contributed by atoms with Crippen LogP contribution in [-0.4, -0.2) is 81.9 Å². The van der Waals surface area contributed by atoms with Crippen molar-refractivity contribution in [1.29, 1.82) is 0 Å². The van der Waals surface area contributed by atoms with E-state index in [1.165, 1.54) is 0 Å². The molecule has 0 aliphatic carbocycles. The molecule has 1 N–H and O–H groups in total. The first-order valence-electron chi connectivity index (χ1n) is 15.3. The number of hydrogen-bond acceptors (Lipinski definition) is 5. The summed E-state index contributed by atoms with van der Waals surface area (Å²) in [5.74, 6) is 0.448. The van der Waals surface area contributed by atoms with Crippen molar-refractivity contribution in [3.8, 4) is 28.3 Å². The number of piperazine rings is 1. The molecule has 7 nitrogen and oxygen atoms in total. The van der Waals surface area contributed by atoms with E-state index in [0.29, 0.717) is 37.5 Å². The molecule has 0 radical (unpaired) electrons. The summed E-state index contributed by atoms with van der Waals surface area (Å²) >= 11 is 0. The fourth-order valence-corrected chi connectivity index (χ4v) is 6.24. The standard InChI is InChI=1S/C36H38N4O3/c41-34-14-8-7-13-29(34)15-16-35(42)39-19-17-31(18-20-39)38-21-23-40(24-22-38)36(43)30-25-32(27-9-3-1-4-10-27)37-33(26-30)28-11-5-2-6-12-28/h1-14,25-26,31,41H,15-24H2. The average Bonchev–Trinajstić information content (AvgIpc) is 3.08. The van der Waals surface area contributed by atoms with Crippen LogP contribution in [-0.2, 0) is 11.2 Å². The maximum Gasteiger partial charge on any atom is 0.254 e. The number of phenolic OH excluding ortho intramolecular Hbond substituents is 1. The predicted octanol–water partition coefficient (Wildman–Crippen LogP) is 5.50. The lowest BCUT2D eigenvalue weighted by Gasteiger charge is -2.42. The largest absolute Gasteiger partial charge is 0.508 e. The highest BCUT2D eigenvalue weighted by molar-refractivity contribution is 5.96. The maximum atomic E-state index is 13.8. The molecule has 2 aliphatic rings. The monoisotopic (exact) mass is 574 g/mol. The predicted molar refractivity (Wildman–Crippen MR) is 169 cm³/mol. The Labute approximate surface area is 253 Å². The summed E-state index contributed by atoms with van der Waals surface area (Å²) < 4.78 is 0. The zero-order valence-corrected chi connectivity index (χ0v) is 24.4. The van der Waals surface area contributed by atoms with Crippen LogP contribution in [0.3, 0.4) is 0 Å². The van der Waals surface area contributed by atoms with Gasteiger partial charge in [0.15, 0.2) is 0 Å². The van der Waals surface area contributed by atoms with Crippen molar-refractivity contribution in [1.82, 2.24) is 19.7 Å². The number of aromatic hydroxyl groups is 1. The minimum absolute atomic E-state index is 0.0429. The van der Waals surface area contributed by atoms with Gasteiger partial charge >= 0.3 is 0 Å². The Morgan fingerprint density at radius 1 is 0.698 bits per heavy atom. The van der Waals surface area contributed by atoms with Crippen LogP contribution in [0.2, 0.25) is 0 Å². The lowest BCUT2D eigenvalue weighted by molar-refractivity contribution is -0.132. The number of benzene rings is 3. The molecule has 2 aliphatic heterocycles. The molecule has 0 saturated carbocycles. The van der Waals surface area contributed by atoms with E-state index in [9.17, 15) is 14.7 Å². The number of aromatic nitrogens is 1. The van der Waals surface area contributed by atoms with Gasteiger partial charge in [-0.25, -0.2) is 4.98 Å². The summed E-state index contributed by atoms with van der Waals surface area (Å²) in [7, 11) is 0. The molecule has 0 spiro atoms. The molecule has 7 heteroatoms. The number of para-hydroxylation sites is 1. The first-order valence-corrected chi connectivity index (χ1v) is 15.3. The van der Waals surface area contributed by atoms with E-state index < -0.39 is 0 Å². The molecule has 2 amide bonds. The van der Waals surface area contributed by atoms with Crippen LogP contribution in [0.5, 0.6) is 5.75 Å².